The Morgan fingerprint density at radius 1 is 1.27 bits per heavy atom. The molecule has 0 radical (unpaired) electrons. The van der Waals surface area contributed by atoms with Gasteiger partial charge in [0.1, 0.15) is 0 Å². The van der Waals surface area contributed by atoms with Crippen LogP contribution in [0.5, 0.6) is 0 Å². The largest absolute Gasteiger partial charge is 0.361 e. The summed E-state index contributed by atoms with van der Waals surface area (Å²) >= 11 is 3.41. The van der Waals surface area contributed by atoms with Crippen molar-refractivity contribution in [3.63, 3.8) is 0 Å². The van der Waals surface area contributed by atoms with Crippen LogP contribution in [0.3, 0.4) is 0 Å². The summed E-state index contributed by atoms with van der Waals surface area (Å²) in [4.78, 5) is 21.6. The number of amides is 2. The second-order valence-corrected chi connectivity index (χ2v) is 5.62. The number of carbonyl (C=O) groups excluding carboxylic acids is 2. The van der Waals surface area contributed by atoms with Crippen molar-refractivity contribution in [2.45, 2.75) is 13.8 Å². The van der Waals surface area contributed by atoms with E-state index in [0.717, 1.165) is 27.1 Å². The van der Waals surface area contributed by atoms with Crippen LogP contribution >= 0.6 is 15.9 Å². The summed E-state index contributed by atoms with van der Waals surface area (Å²) in [7, 11) is 0. The van der Waals surface area contributed by atoms with Crippen molar-refractivity contribution in [1.82, 2.24) is 9.99 Å². The number of hydrogen-bond acceptors (Lipinski definition) is 3. The molecule has 6 nitrogen and oxygen atoms in total. The lowest BCUT2D eigenvalue weighted by atomic mass is 10.2. The van der Waals surface area contributed by atoms with Crippen molar-refractivity contribution in [3.05, 3.63) is 51.8 Å². The Hall–Kier alpha value is -2.41. The molecule has 2 rings (SSSR count). The zero-order chi connectivity index (χ0) is 16.3. The van der Waals surface area contributed by atoms with Gasteiger partial charge in [0, 0.05) is 27.1 Å². The van der Waals surface area contributed by atoms with Gasteiger partial charge in [-0.25, -0.2) is 5.43 Å². The molecule has 1 aromatic carbocycles. The van der Waals surface area contributed by atoms with E-state index in [1.54, 1.807) is 0 Å². The molecule has 2 amide bonds. The van der Waals surface area contributed by atoms with E-state index in [1.165, 1.54) is 6.21 Å². The van der Waals surface area contributed by atoms with Gasteiger partial charge in [0.05, 0.1) is 6.21 Å². The predicted octanol–water partition coefficient (Wildman–Crippen LogP) is 1.79. The number of nitrogens with zero attached hydrogens (tertiary/aromatic N) is 2. The third-order valence-corrected chi connectivity index (χ3v) is 3.68. The van der Waals surface area contributed by atoms with Gasteiger partial charge in [-0.1, -0.05) is 15.9 Å². The fraction of sp³-hybridized carbons (Fsp3) is 0.133. The van der Waals surface area contributed by atoms with E-state index in [1.807, 2.05) is 44.2 Å². The maximum atomic E-state index is 11.0. The highest BCUT2D eigenvalue weighted by Gasteiger charge is 2.10. The van der Waals surface area contributed by atoms with Crippen molar-refractivity contribution in [1.29, 1.82) is 0 Å². The van der Waals surface area contributed by atoms with Gasteiger partial charge in [-0.3, -0.25) is 9.59 Å². The molecule has 0 fully saturated rings. The molecule has 0 aliphatic carbocycles. The topological polar surface area (TPSA) is 89.5 Å². The first kappa shape index (κ1) is 16.0. The van der Waals surface area contributed by atoms with E-state index in [-0.39, 0.29) is 0 Å². The molecule has 0 unspecified atom stereocenters. The number of benzene rings is 1. The Kier molecular flexibility index (Phi) is 4.77. The third kappa shape index (κ3) is 3.43. The third-order valence-electron chi connectivity index (χ3n) is 3.15. The average molecular weight is 363 g/mol. The molecule has 1 aromatic heterocycles. The number of aromatic nitrogens is 1. The van der Waals surface area contributed by atoms with Gasteiger partial charge in [0.15, 0.2) is 0 Å². The molecular formula is C15H15BrN4O2. The minimum atomic E-state index is -1.07. The average Bonchev–Trinajstić information content (AvgIpc) is 2.74. The van der Waals surface area contributed by atoms with Gasteiger partial charge in [-0.15, -0.1) is 0 Å². The van der Waals surface area contributed by atoms with Crippen molar-refractivity contribution in [2.24, 2.45) is 10.8 Å². The Morgan fingerprint density at radius 2 is 1.91 bits per heavy atom. The van der Waals surface area contributed by atoms with Gasteiger partial charge >= 0.3 is 11.8 Å². The molecule has 1 heterocycles. The lowest BCUT2D eigenvalue weighted by Gasteiger charge is -2.09. The molecule has 0 bridgehead atoms. The van der Waals surface area contributed by atoms with Crippen LogP contribution in [0.4, 0.5) is 0 Å². The minimum Gasteiger partial charge on any atom is -0.361 e. The molecule has 22 heavy (non-hydrogen) atoms. The lowest BCUT2D eigenvalue weighted by Crippen LogP contribution is -2.32. The number of nitrogens with two attached hydrogens (primary N) is 1. The van der Waals surface area contributed by atoms with Crippen LogP contribution in [-0.2, 0) is 9.59 Å². The molecule has 0 spiro atoms. The first-order valence-electron chi connectivity index (χ1n) is 6.48. The molecule has 0 saturated heterocycles. The van der Waals surface area contributed by atoms with Crippen LogP contribution in [0.1, 0.15) is 17.0 Å². The molecule has 0 saturated carbocycles. The van der Waals surface area contributed by atoms with Gasteiger partial charge < -0.3 is 10.3 Å². The van der Waals surface area contributed by atoms with Crippen LogP contribution in [-0.4, -0.2) is 22.6 Å². The SMILES string of the molecule is Cc1cc(/C=N\NC(=O)C(N)=O)c(C)n1-c1ccc(Br)cc1. The molecule has 114 valence electrons. The van der Waals surface area contributed by atoms with E-state index in [2.05, 4.69) is 31.0 Å². The van der Waals surface area contributed by atoms with E-state index in [0.29, 0.717) is 0 Å². The fourth-order valence-electron chi connectivity index (χ4n) is 2.12. The Morgan fingerprint density at radius 3 is 2.50 bits per heavy atom. The Balaban J connectivity index is 2.27. The number of hydrazone groups is 1. The van der Waals surface area contributed by atoms with Crippen LogP contribution in [0.2, 0.25) is 0 Å². The number of nitrogens with one attached hydrogen (secondary N) is 1. The monoisotopic (exact) mass is 362 g/mol. The standard InChI is InChI=1S/C15H15BrN4O2/c1-9-7-11(8-18-19-15(22)14(17)21)10(2)20(9)13-5-3-12(16)4-6-13/h3-8H,1-2H3,(H2,17,21)(H,19,22)/b18-8-. The molecule has 0 aliphatic rings. The fourth-order valence-corrected chi connectivity index (χ4v) is 2.39. The molecule has 0 aliphatic heterocycles. The summed E-state index contributed by atoms with van der Waals surface area (Å²) in [6.07, 6.45) is 1.48. The summed E-state index contributed by atoms with van der Waals surface area (Å²) in [5.74, 6) is -2.02. The smallest absolute Gasteiger partial charge is 0.329 e. The van der Waals surface area contributed by atoms with Gasteiger partial charge in [-0.2, -0.15) is 5.10 Å². The lowest BCUT2D eigenvalue weighted by molar-refractivity contribution is -0.137. The summed E-state index contributed by atoms with van der Waals surface area (Å²) in [6, 6.07) is 9.88. The second-order valence-electron chi connectivity index (χ2n) is 4.70. The van der Waals surface area contributed by atoms with Gasteiger partial charge in [-0.05, 0) is 44.2 Å². The molecule has 3 N–H and O–H groups in total. The molecule has 2 aromatic rings. The first-order valence-corrected chi connectivity index (χ1v) is 7.27. The summed E-state index contributed by atoms with van der Waals surface area (Å²) < 4.78 is 3.08. The summed E-state index contributed by atoms with van der Waals surface area (Å²) in [5, 5.41) is 3.74. The Labute approximate surface area is 136 Å². The van der Waals surface area contributed by atoms with E-state index in [9.17, 15) is 9.59 Å². The molecular weight excluding hydrogens is 348 g/mol. The normalized spacial score (nSPS) is 10.9. The number of carbonyl (C=O) groups is 2. The van der Waals surface area contributed by atoms with Crippen molar-refractivity contribution in [2.75, 3.05) is 0 Å². The van der Waals surface area contributed by atoms with E-state index >= 15 is 0 Å². The highest BCUT2D eigenvalue weighted by Crippen LogP contribution is 2.21. The van der Waals surface area contributed by atoms with Gasteiger partial charge in [0.2, 0.25) is 0 Å². The van der Waals surface area contributed by atoms with Crippen molar-refractivity contribution < 1.29 is 9.59 Å². The van der Waals surface area contributed by atoms with E-state index in [4.69, 9.17) is 5.73 Å². The predicted molar refractivity (Wildman–Crippen MR) is 87.9 cm³/mol. The van der Waals surface area contributed by atoms with Crippen LogP contribution < -0.4 is 11.2 Å². The Bertz CT molecular complexity index is 748. The number of aryl methyl sites for hydroxylation is 1. The quantitative estimate of drug-likeness (QED) is 0.495. The first-order chi connectivity index (χ1) is 10.4. The number of hydrogen-bond donors (Lipinski definition) is 2. The summed E-state index contributed by atoms with van der Waals surface area (Å²) in [6.45, 7) is 3.93. The number of halogens is 1. The maximum Gasteiger partial charge on any atom is 0.329 e. The molecule has 7 heteroatoms. The van der Waals surface area contributed by atoms with Crippen LogP contribution in [0.25, 0.3) is 5.69 Å². The maximum absolute atomic E-state index is 11.0. The molecule has 0 atom stereocenters. The van der Waals surface area contributed by atoms with Gasteiger partial charge in [0.25, 0.3) is 0 Å². The van der Waals surface area contributed by atoms with Crippen LogP contribution in [0.15, 0.2) is 39.9 Å². The number of primary amides is 1. The zero-order valence-corrected chi connectivity index (χ0v) is 13.7. The zero-order valence-electron chi connectivity index (χ0n) is 12.1. The summed E-state index contributed by atoms with van der Waals surface area (Å²) in [5.41, 5.74) is 10.8. The minimum absolute atomic E-state index is 0.838. The van der Waals surface area contributed by atoms with Crippen LogP contribution in [0, 0.1) is 13.8 Å². The van der Waals surface area contributed by atoms with Crippen molar-refractivity contribution >= 4 is 34.0 Å². The number of rotatable bonds is 3. The van der Waals surface area contributed by atoms with Crippen molar-refractivity contribution in [3.8, 4) is 5.69 Å². The van der Waals surface area contributed by atoms with E-state index < -0.39 is 11.8 Å². The highest BCUT2D eigenvalue weighted by atomic mass is 79.9. The highest BCUT2D eigenvalue weighted by molar-refractivity contribution is 9.10. The second kappa shape index (κ2) is 6.57.